The number of methoxy groups -OCH3 is 1. The average Bonchev–Trinajstić information content (AvgIpc) is 3.40. The number of thiophene rings is 1. The highest BCUT2D eigenvalue weighted by Gasteiger charge is 2.34. The van der Waals surface area contributed by atoms with E-state index in [0.717, 1.165) is 71.7 Å². The SMILES string of the molecule is COc1ccc2ncc(N(C)C)c(C(O)CCC3(CO)CCN(CC#Cc4cccs4)CC3)c2c1. The van der Waals surface area contributed by atoms with Crippen LogP contribution in [0, 0.1) is 17.3 Å². The summed E-state index contributed by atoms with van der Waals surface area (Å²) >= 11 is 1.66. The molecular weight excluding hydrogens is 458 g/mol. The minimum absolute atomic E-state index is 0.139. The Morgan fingerprint density at radius 1 is 1.26 bits per heavy atom. The molecular formula is C28H35N3O3S. The lowest BCUT2D eigenvalue weighted by Crippen LogP contribution is -2.42. The van der Waals surface area contributed by atoms with Gasteiger partial charge < -0.3 is 19.8 Å². The van der Waals surface area contributed by atoms with Gasteiger partial charge in [0, 0.05) is 31.7 Å². The van der Waals surface area contributed by atoms with Crippen molar-refractivity contribution in [1.82, 2.24) is 9.88 Å². The molecule has 4 rings (SSSR count). The van der Waals surface area contributed by atoms with Crippen molar-refractivity contribution in [2.75, 3.05) is 52.3 Å². The average molecular weight is 494 g/mol. The molecule has 1 saturated heterocycles. The molecule has 7 heteroatoms. The van der Waals surface area contributed by atoms with E-state index in [1.54, 1.807) is 18.4 Å². The van der Waals surface area contributed by atoms with Crippen molar-refractivity contribution in [3.63, 3.8) is 0 Å². The molecule has 6 nitrogen and oxygen atoms in total. The number of ether oxygens (including phenoxy) is 1. The third kappa shape index (κ3) is 5.96. The first-order valence-corrected chi connectivity index (χ1v) is 13.0. The van der Waals surface area contributed by atoms with Gasteiger partial charge >= 0.3 is 0 Å². The van der Waals surface area contributed by atoms with Gasteiger partial charge in [-0.2, -0.15) is 0 Å². The Morgan fingerprint density at radius 3 is 2.71 bits per heavy atom. The number of pyridine rings is 1. The van der Waals surface area contributed by atoms with Crippen LogP contribution in [-0.2, 0) is 0 Å². The number of hydrogen-bond acceptors (Lipinski definition) is 7. The molecule has 1 unspecified atom stereocenters. The Hall–Kier alpha value is -2.63. The summed E-state index contributed by atoms with van der Waals surface area (Å²) in [7, 11) is 5.57. The fourth-order valence-electron chi connectivity index (χ4n) is 4.86. The summed E-state index contributed by atoms with van der Waals surface area (Å²) < 4.78 is 5.44. The fraction of sp³-hybridized carbons (Fsp3) is 0.464. The van der Waals surface area contributed by atoms with Crippen LogP contribution in [0.5, 0.6) is 5.75 Å². The highest BCUT2D eigenvalue weighted by molar-refractivity contribution is 7.10. The highest BCUT2D eigenvalue weighted by atomic mass is 32.1. The Kier molecular flexibility index (Phi) is 8.30. The van der Waals surface area contributed by atoms with Crippen molar-refractivity contribution in [3.05, 3.63) is 52.3 Å². The van der Waals surface area contributed by atoms with Crippen molar-refractivity contribution >= 4 is 27.9 Å². The number of benzene rings is 1. The molecule has 1 aliphatic heterocycles. The lowest BCUT2D eigenvalue weighted by molar-refractivity contribution is 0.0274. The zero-order chi connectivity index (χ0) is 24.8. The molecule has 35 heavy (non-hydrogen) atoms. The molecule has 186 valence electrons. The standard InChI is InChI=1S/C28H35N3O3S/c1-30(2)25-19-29-24-9-8-21(34-3)18-23(24)27(25)26(33)10-11-28(20-32)12-15-31(16-13-28)14-4-6-22-7-5-17-35-22/h5,7-9,17-19,26,32-33H,10-16,20H2,1-3H3. The molecule has 1 atom stereocenters. The molecule has 2 aromatic heterocycles. The zero-order valence-corrected chi connectivity index (χ0v) is 21.6. The van der Waals surface area contributed by atoms with Crippen LogP contribution < -0.4 is 9.64 Å². The van der Waals surface area contributed by atoms with E-state index in [4.69, 9.17) is 4.74 Å². The van der Waals surface area contributed by atoms with Crippen LogP contribution in [0.3, 0.4) is 0 Å². The van der Waals surface area contributed by atoms with Gasteiger partial charge in [-0.3, -0.25) is 9.88 Å². The van der Waals surface area contributed by atoms with E-state index in [-0.39, 0.29) is 12.0 Å². The second-order valence-electron chi connectivity index (χ2n) is 9.60. The number of likely N-dealkylation sites (tertiary alicyclic amines) is 1. The normalized spacial score (nSPS) is 16.5. The van der Waals surface area contributed by atoms with Gasteiger partial charge in [0.25, 0.3) is 0 Å². The number of piperidine rings is 1. The van der Waals surface area contributed by atoms with Crippen LogP contribution >= 0.6 is 11.3 Å². The number of nitrogens with zero attached hydrogens (tertiary/aromatic N) is 3. The number of hydrogen-bond donors (Lipinski definition) is 2. The smallest absolute Gasteiger partial charge is 0.119 e. The van der Waals surface area contributed by atoms with Crippen molar-refractivity contribution in [1.29, 1.82) is 0 Å². The van der Waals surface area contributed by atoms with Crippen LogP contribution in [0.1, 0.15) is 42.2 Å². The summed E-state index contributed by atoms with van der Waals surface area (Å²) in [4.78, 5) is 10.0. The molecule has 0 radical (unpaired) electrons. The predicted octanol–water partition coefficient (Wildman–Crippen LogP) is 4.31. The Morgan fingerprint density at radius 2 is 2.06 bits per heavy atom. The Labute approximate surface area is 212 Å². The summed E-state index contributed by atoms with van der Waals surface area (Å²) in [5, 5.41) is 24.7. The molecule has 3 heterocycles. The van der Waals surface area contributed by atoms with Gasteiger partial charge in [-0.15, -0.1) is 11.3 Å². The van der Waals surface area contributed by atoms with E-state index in [2.05, 4.69) is 21.7 Å². The van der Waals surface area contributed by atoms with Gasteiger partial charge in [0.2, 0.25) is 0 Å². The summed E-state index contributed by atoms with van der Waals surface area (Å²) in [6, 6.07) is 9.83. The van der Waals surface area contributed by atoms with Crippen molar-refractivity contribution in [2.45, 2.75) is 31.8 Å². The molecule has 0 bridgehead atoms. The van der Waals surface area contributed by atoms with Crippen LogP contribution in [0.4, 0.5) is 5.69 Å². The maximum atomic E-state index is 11.4. The third-order valence-corrected chi connectivity index (χ3v) is 7.93. The summed E-state index contributed by atoms with van der Waals surface area (Å²) in [6.45, 7) is 2.71. The summed E-state index contributed by atoms with van der Waals surface area (Å²) in [5.74, 6) is 7.25. The van der Waals surface area contributed by atoms with Gasteiger partial charge in [0.1, 0.15) is 5.75 Å². The molecule has 0 spiro atoms. The largest absolute Gasteiger partial charge is 0.497 e. The van der Waals surface area contributed by atoms with Gasteiger partial charge in [-0.25, -0.2) is 0 Å². The number of fused-ring (bicyclic) bond motifs is 1. The van der Waals surface area contributed by atoms with Gasteiger partial charge in [-0.1, -0.05) is 17.9 Å². The van der Waals surface area contributed by atoms with E-state index in [1.165, 1.54) is 0 Å². The van der Waals surface area contributed by atoms with Crippen molar-refractivity contribution < 1.29 is 14.9 Å². The number of anilines is 1. The topological polar surface area (TPSA) is 69.1 Å². The Bertz CT molecular complexity index is 1180. The Balaban J connectivity index is 1.44. The van der Waals surface area contributed by atoms with Gasteiger partial charge in [0.05, 0.1) is 42.0 Å². The van der Waals surface area contributed by atoms with Crippen LogP contribution in [0.25, 0.3) is 10.9 Å². The summed E-state index contributed by atoms with van der Waals surface area (Å²) in [6.07, 6.45) is 4.31. The minimum Gasteiger partial charge on any atom is -0.497 e. The lowest BCUT2D eigenvalue weighted by Gasteiger charge is -2.40. The van der Waals surface area contributed by atoms with E-state index in [0.29, 0.717) is 6.42 Å². The second-order valence-corrected chi connectivity index (χ2v) is 10.6. The molecule has 0 aliphatic carbocycles. The highest BCUT2D eigenvalue weighted by Crippen LogP contribution is 2.41. The molecule has 1 aliphatic rings. The van der Waals surface area contributed by atoms with E-state index >= 15 is 0 Å². The molecule has 1 fully saturated rings. The van der Waals surface area contributed by atoms with Crippen molar-refractivity contribution in [2.24, 2.45) is 5.41 Å². The van der Waals surface area contributed by atoms with Gasteiger partial charge in [0.15, 0.2) is 0 Å². The monoisotopic (exact) mass is 493 g/mol. The van der Waals surface area contributed by atoms with E-state index in [9.17, 15) is 10.2 Å². The first-order chi connectivity index (χ1) is 16.9. The lowest BCUT2D eigenvalue weighted by atomic mass is 9.74. The van der Waals surface area contributed by atoms with Gasteiger partial charge in [-0.05, 0) is 73.8 Å². The molecule has 0 saturated carbocycles. The number of aromatic nitrogens is 1. The predicted molar refractivity (Wildman–Crippen MR) is 143 cm³/mol. The summed E-state index contributed by atoms with van der Waals surface area (Å²) in [5.41, 5.74) is 2.43. The van der Waals surface area contributed by atoms with Crippen molar-refractivity contribution in [3.8, 4) is 17.6 Å². The molecule has 0 amide bonds. The third-order valence-electron chi connectivity index (χ3n) is 7.15. The van der Waals surface area contributed by atoms with E-state index < -0.39 is 6.10 Å². The zero-order valence-electron chi connectivity index (χ0n) is 20.8. The molecule has 1 aromatic carbocycles. The molecule has 3 aromatic rings. The number of aliphatic hydroxyl groups excluding tert-OH is 2. The fourth-order valence-corrected chi connectivity index (χ4v) is 5.46. The quantitative estimate of drug-likeness (QED) is 0.456. The van der Waals surface area contributed by atoms with Crippen LogP contribution in [-0.4, -0.2) is 67.5 Å². The number of rotatable bonds is 8. The minimum atomic E-state index is -0.664. The second kappa shape index (κ2) is 11.4. The van der Waals surface area contributed by atoms with Crippen LogP contribution in [0.15, 0.2) is 41.9 Å². The maximum absolute atomic E-state index is 11.4. The number of aliphatic hydroxyl groups is 2. The van der Waals surface area contributed by atoms with Crippen LogP contribution in [0.2, 0.25) is 0 Å². The first-order valence-electron chi connectivity index (χ1n) is 12.1. The van der Waals surface area contributed by atoms with E-state index in [1.807, 2.05) is 60.9 Å². The molecule has 2 N–H and O–H groups in total. The maximum Gasteiger partial charge on any atom is 0.119 e. The first kappa shape index (κ1) is 25.5.